The highest BCUT2D eigenvalue weighted by Gasteiger charge is 2.30. The maximum Gasteiger partial charge on any atom is 0.329 e. The van der Waals surface area contributed by atoms with Crippen molar-refractivity contribution in [2.45, 2.75) is 52.7 Å². The number of anilines is 1. The van der Waals surface area contributed by atoms with Crippen LogP contribution in [-0.4, -0.2) is 23.6 Å². The fraction of sp³-hybridized carbons (Fsp3) is 0.529. The average Bonchev–Trinajstić information content (AvgIpc) is 2.45. The predicted molar refractivity (Wildman–Crippen MR) is 95.3 cm³/mol. The highest BCUT2D eigenvalue weighted by Crippen LogP contribution is 2.20. The van der Waals surface area contributed by atoms with Crippen molar-refractivity contribution in [1.29, 1.82) is 0 Å². The van der Waals surface area contributed by atoms with E-state index < -0.39 is 29.5 Å². The first-order chi connectivity index (χ1) is 11.0. The molecule has 24 heavy (non-hydrogen) atoms. The second-order valence-corrected chi connectivity index (χ2v) is 7.53. The van der Waals surface area contributed by atoms with E-state index in [0.717, 1.165) is 0 Å². The lowest BCUT2D eigenvalue weighted by atomic mass is 9.99. The molecule has 0 radical (unpaired) electrons. The Bertz CT molecular complexity index is 602. The number of rotatable bonds is 5. The summed E-state index contributed by atoms with van der Waals surface area (Å²) in [6.45, 7) is 9.03. The summed E-state index contributed by atoms with van der Waals surface area (Å²) in [4.78, 5) is 24.5. The number of hydrogen-bond acceptors (Lipinski definition) is 3. The SMILES string of the molecule is CC[C@H](C)[C@H](NC(=O)Nc1ccc(Br)cc1F)C(=O)OC(C)(C)C. The molecule has 0 aliphatic carbocycles. The molecule has 0 saturated heterocycles. The number of benzene rings is 1. The molecule has 134 valence electrons. The van der Waals surface area contributed by atoms with Gasteiger partial charge in [-0.1, -0.05) is 36.2 Å². The average molecular weight is 403 g/mol. The normalized spacial score (nSPS) is 13.8. The van der Waals surface area contributed by atoms with Crippen LogP contribution in [0.1, 0.15) is 41.0 Å². The number of esters is 1. The number of ether oxygens (including phenoxy) is 1. The van der Waals surface area contributed by atoms with Crippen LogP contribution in [0.3, 0.4) is 0 Å². The van der Waals surface area contributed by atoms with Gasteiger partial charge in [0.25, 0.3) is 0 Å². The Labute approximate surface area is 150 Å². The number of urea groups is 1. The highest BCUT2D eigenvalue weighted by atomic mass is 79.9. The van der Waals surface area contributed by atoms with Crippen LogP contribution in [0.25, 0.3) is 0 Å². The lowest BCUT2D eigenvalue weighted by molar-refractivity contribution is -0.158. The molecular weight excluding hydrogens is 379 g/mol. The monoisotopic (exact) mass is 402 g/mol. The zero-order chi connectivity index (χ0) is 18.5. The maximum atomic E-state index is 13.8. The minimum atomic E-state index is -0.812. The molecule has 7 heteroatoms. The van der Waals surface area contributed by atoms with Gasteiger partial charge in [-0.25, -0.2) is 14.0 Å². The molecule has 0 aliphatic rings. The minimum absolute atomic E-state index is 0.0304. The Morgan fingerprint density at radius 3 is 2.46 bits per heavy atom. The lowest BCUT2D eigenvalue weighted by Gasteiger charge is -2.27. The first-order valence-corrected chi connectivity index (χ1v) is 8.58. The lowest BCUT2D eigenvalue weighted by Crippen LogP contribution is -2.49. The smallest absolute Gasteiger partial charge is 0.329 e. The zero-order valence-electron chi connectivity index (χ0n) is 14.6. The molecule has 0 fully saturated rings. The van der Waals surface area contributed by atoms with Crippen molar-refractivity contribution in [2.75, 3.05) is 5.32 Å². The largest absolute Gasteiger partial charge is 0.458 e. The van der Waals surface area contributed by atoms with E-state index in [0.29, 0.717) is 10.9 Å². The second kappa shape index (κ2) is 8.46. The van der Waals surface area contributed by atoms with Gasteiger partial charge in [-0.2, -0.15) is 0 Å². The van der Waals surface area contributed by atoms with E-state index in [-0.39, 0.29) is 11.6 Å². The quantitative estimate of drug-likeness (QED) is 0.713. The van der Waals surface area contributed by atoms with Crippen molar-refractivity contribution in [1.82, 2.24) is 5.32 Å². The van der Waals surface area contributed by atoms with E-state index in [9.17, 15) is 14.0 Å². The molecule has 1 aromatic carbocycles. The van der Waals surface area contributed by atoms with Crippen LogP contribution in [0.15, 0.2) is 22.7 Å². The van der Waals surface area contributed by atoms with Crippen LogP contribution in [0.5, 0.6) is 0 Å². The Kier molecular flexibility index (Phi) is 7.20. The van der Waals surface area contributed by atoms with Gasteiger partial charge in [0.2, 0.25) is 0 Å². The van der Waals surface area contributed by atoms with Crippen LogP contribution in [0, 0.1) is 11.7 Å². The standard InChI is InChI=1S/C17H24BrFN2O3/c1-6-10(2)14(15(22)24-17(3,4)5)21-16(23)20-13-8-7-11(18)9-12(13)19/h7-10,14H,6H2,1-5H3,(H2,20,21,23)/t10-,14-/m0/s1. The Balaban J connectivity index is 2.82. The van der Waals surface area contributed by atoms with Gasteiger partial charge in [-0.15, -0.1) is 0 Å². The molecule has 0 spiro atoms. The van der Waals surface area contributed by atoms with Crippen molar-refractivity contribution in [3.63, 3.8) is 0 Å². The van der Waals surface area contributed by atoms with Crippen molar-refractivity contribution < 1.29 is 18.7 Å². The van der Waals surface area contributed by atoms with Crippen molar-refractivity contribution in [3.8, 4) is 0 Å². The van der Waals surface area contributed by atoms with E-state index in [1.807, 2.05) is 13.8 Å². The second-order valence-electron chi connectivity index (χ2n) is 6.62. The van der Waals surface area contributed by atoms with E-state index in [1.54, 1.807) is 26.8 Å². The van der Waals surface area contributed by atoms with E-state index >= 15 is 0 Å². The van der Waals surface area contributed by atoms with Crippen LogP contribution in [0.4, 0.5) is 14.9 Å². The van der Waals surface area contributed by atoms with Gasteiger partial charge in [-0.3, -0.25) is 0 Å². The molecule has 0 heterocycles. The van der Waals surface area contributed by atoms with Gasteiger partial charge >= 0.3 is 12.0 Å². The van der Waals surface area contributed by atoms with Gasteiger partial charge in [0, 0.05) is 4.47 Å². The zero-order valence-corrected chi connectivity index (χ0v) is 16.2. The number of hydrogen-bond donors (Lipinski definition) is 2. The summed E-state index contributed by atoms with van der Waals surface area (Å²) in [7, 11) is 0. The number of nitrogens with one attached hydrogen (secondary N) is 2. The van der Waals surface area contributed by atoms with Gasteiger partial charge in [0.1, 0.15) is 17.5 Å². The number of halogens is 2. The molecule has 2 N–H and O–H groups in total. The molecule has 0 bridgehead atoms. The topological polar surface area (TPSA) is 67.4 Å². The van der Waals surface area contributed by atoms with Crippen LogP contribution in [0.2, 0.25) is 0 Å². The van der Waals surface area contributed by atoms with Gasteiger partial charge in [0.05, 0.1) is 5.69 Å². The third-order valence-corrected chi connectivity index (χ3v) is 3.83. The number of carbonyl (C=O) groups excluding carboxylic acids is 2. The van der Waals surface area contributed by atoms with Crippen LogP contribution in [-0.2, 0) is 9.53 Å². The van der Waals surface area contributed by atoms with E-state index in [2.05, 4.69) is 26.6 Å². The van der Waals surface area contributed by atoms with Gasteiger partial charge in [-0.05, 0) is 44.9 Å². The molecular formula is C17H24BrFN2O3. The third-order valence-electron chi connectivity index (χ3n) is 3.34. The van der Waals surface area contributed by atoms with Crippen molar-refractivity contribution in [2.24, 2.45) is 5.92 Å². The molecule has 2 amide bonds. The summed E-state index contributed by atoms with van der Waals surface area (Å²) in [6.07, 6.45) is 0.677. The molecule has 5 nitrogen and oxygen atoms in total. The third kappa shape index (κ3) is 6.47. The maximum absolute atomic E-state index is 13.8. The predicted octanol–water partition coefficient (Wildman–Crippen LogP) is 4.47. The molecule has 0 aliphatic heterocycles. The molecule has 0 aromatic heterocycles. The fourth-order valence-electron chi connectivity index (χ4n) is 1.92. The first-order valence-electron chi connectivity index (χ1n) is 7.79. The molecule has 0 unspecified atom stereocenters. The summed E-state index contributed by atoms with van der Waals surface area (Å²) in [5.41, 5.74) is -0.624. The first kappa shape index (κ1) is 20.4. The molecule has 1 rings (SSSR count). The van der Waals surface area contributed by atoms with E-state index in [4.69, 9.17) is 4.74 Å². The molecule has 0 saturated carbocycles. The fourth-order valence-corrected chi connectivity index (χ4v) is 2.26. The summed E-state index contributed by atoms with van der Waals surface area (Å²) in [6, 6.07) is 2.82. The van der Waals surface area contributed by atoms with Gasteiger partial charge in [0.15, 0.2) is 0 Å². The van der Waals surface area contributed by atoms with Crippen molar-refractivity contribution >= 4 is 33.6 Å². The highest BCUT2D eigenvalue weighted by molar-refractivity contribution is 9.10. The summed E-state index contributed by atoms with van der Waals surface area (Å²) in [5.74, 6) is -1.21. The van der Waals surface area contributed by atoms with E-state index in [1.165, 1.54) is 12.1 Å². The Morgan fingerprint density at radius 2 is 1.96 bits per heavy atom. The molecule has 1 aromatic rings. The number of amides is 2. The Morgan fingerprint density at radius 1 is 1.33 bits per heavy atom. The molecule has 2 atom stereocenters. The summed E-state index contributed by atoms with van der Waals surface area (Å²) >= 11 is 3.15. The number of carbonyl (C=O) groups is 2. The summed E-state index contributed by atoms with van der Waals surface area (Å²) < 4.78 is 19.7. The Hall–Kier alpha value is -1.63. The van der Waals surface area contributed by atoms with Gasteiger partial charge < -0.3 is 15.4 Å². The minimum Gasteiger partial charge on any atom is -0.458 e. The van der Waals surface area contributed by atoms with Crippen LogP contribution < -0.4 is 10.6 Å². The summed E-state index contributed by atoms with van der Waals surface area (Å²) in [5, 5.41) is 4.99. The van der Waals surface area contributed by atoms with Crippen molar-refractivity contribution in [3.05, 3.63) is 28.5 Å². The van der Waals surface area contributed by atoms with Crippen LogP contribution >= 0.6 is 15.9 Å².